The number of para-hydroxylation sites is 1. The molecule has 1 aromatic heterocycles. The number of nitrogens with zero attached hydrogens (tertiary/aromatic N) is 3. The highest BCUT2D eigenvalue weighted by atomic mass is 35.5. The van der Waals surface area contributed by atoms with E-state index in [1.165, 1.54) is 0 Å². The zero-order valence-electron chi connectivity index (χ0n) is 14.5. The minimum absolute atomic E-state index is 0.618. The third-order valence-electron chi connectivity index (χ3n) is 4.13. The predicted molar refractivity (Wildman–Crippen MR) is 118 cm³/mol. The monoisotopic (exact) mass is 445 g/mol. The van der Waals surface area contributed by atoms with Crippen molar-refractivity contribution in [3.8, 4) is 17.1 Å². The highest BCUT2D eigenvalue weighted by Crippen LogP contribution is 2.34. The molecule has 4 rings (SSSR count). The molecule has 0 N–H and O–H groups in total. The fourth-order valence-electron chi connectivity index (χ4n) is 2.77. The molecular formula is C21H14Cl3N3S. The molecule has 0 amide bonds. The number of thioether (sulfide) groups is 1. The molecule has 7 heteroatoms. The van der Waals surface area contributed by atoms with Gasteiger partial charge < -0.3 is 0 Å². The van der Waals surface area contributed by atoms with Gasteiger partial charge in [0.15, 0.2) is 11.0 Å². The van der Waals surface area contributed by atoms with E-state index in [2.05, 4.69) is 10.2 Å². The van der Waals surface area contributed by atoms with Crippen LogP contribution >= 0.6 is 46.6 Å². The Bertz CT molecular complexity index is 1110. The minimum Gasteiger partial charge on any atom is -0.270 e. The number of halogens is 3. The molecule has 0 radical (unpaired) electrons. The molecule has 0 aliphatic carbocycles. The topological polar surface area (TPSA) is 30.7 Å². The molecule has 0 bridgehead atoms. The van der Waals surface area contributed by atoms with Crippen LogP contribution in [0, 0.1) is 0 Å². The fraction of sp³-hybridized carbons (Fsp3) is 0.0476. The van der Waals surface area contributed by atoms with Crippen LogP contribution in [-0.4, -0.2) is 14.8 Å². The lowest BCUT2D eigenvalue weighted by Gasteiger charge is -2.11. The molecular weight excluding hydrogens is 433 g/mol. The average molecular weight is 447 g/mol. The molecule has 4 aromatic rings. The van der Waals surface area contributed by atoms with E-state index in [-0.39, 0.29) is 0 Å². The number of hydrogen-bond acceptors (Lipinski definition) is 3. The second-order valence-corrected chi connectivity index (χ2v) is 8.17. The zero-order chi connectivity index (χ0) is 19.5. The smallest absolute Gasteiger partial charge is 0.196 e. The molecule has 0 spiro atoms. The molecule has 3 nitrogen and oxygen atoms in total. The molecule has 0 aliphatic rings. The molecule has 0 aliphatic heterocycles. The van der Waals surface area contributed by atoms with Crippen molar-refractivity contribution in [2.45, 2.75) is 10.9 Å². The van der Waals surface area contributed by atoms with Crippen LogP contribution < -0.4 is 0 Å². The van der Waals surface area contributed by atoms with Crippen LogP contribution in [0.15, 0.2) is 78.0 Å². The minimum atomic E-state index is 0.618. The first-order valence-electron chi connectivity index (χ1n) is 8.46. The summed E-state index contributed by atoms with van der Waals surface area (Å²) in [4.78, 5) is 0. The number of aromatic nitrogens is 3. The second kappa shape index (κ2) is 8.58. The van der Waals surface area contributed by atoms with Gasteiger partial charge in [0, 0.05) is 27.0 Å². The third kappa shape index (κ3) is 4.06. The summed E-state index contributed by atoms with van der Waals surface area (Å²) in [5.41, 5.74) is 2.78. The van der Waals surface area contributed by atoms with Crippen molar-refractivity contribution < 1.29 is 0 Å². The van der Waals surface area contributed by atoms with Crippen LogP contribution in [0.1, 0.15) is 5.56 Å². The molecule has 0 atom stereocenters. The summed E-state index contributed by atoms with van der Waals surface area (Å²) < 4.78 is 2.01. The molecule has 0 saturated carbocycles. The van der Waals surface area contributed by atoms with Gasteiger partial charge in [-0.1, -0.05) is 83.0 Å². The first-order valence-corrected chi connectivity index (χ1v) is 10.6. The second-order valence-electron chi connectivity index (χ2n) is 5.98. The van der Waals surface area contributed by atoms with Gasteiger partial charge in [0.1, 0.15) is 0 Å². The van der Waals surface area contributed by atoms with E-state index in [4.69, 9.17) is 34.8 Å². The van der Waals surface area contributed by atoms with Crippen molar-refractivity contribution in [1.82, 2.24) is 14.8 Å². The van der Waals surface area contributed by atoms with Crippen LogP contribution in [0.3, 0.4) is 0 Å². The van der Waals surface area contributed by atoms with Crippen molar-refractivity contribution in [1.29, 1.82) is 0 Å². The maximum absolute atomic E-state index is 6.42. The third-order valence-corrected chi connectivity index (χ3v) is 6.03. The van der Waals surface area contributed by atoms with Crippen LogP contribution in [0.2, 0.25) is 15.1 Å². The average Bonchev–Trinajstić information content (AvgIpc) is 3.12. The van der Waals surface area contributed by atoms with Crippen LogP contribution in [0.25, 0.3) is 17.1 Å². The molecule has 28 heavy (non-hydrogen) atoms. The number of hydrogen-bond donors (Lipinski definition) is 0. The van der Waals surface area contributed by atoms with E-state index >= 15 is 0 Å². The van der Waals surface area contributed by atoms with E-state index in [1.807, 2.05) is 71.3 Å². The molecule has 1 heterocycles. The summed E-state index contributed by atoms with van der Waals surface area (Å²) in [6.45, 7) is 0. The molecule has 3 aromatic carbocycles. The lowest BCUT2D eigenvalue weighted by Crippen LogP contribution is -2.00. The quantitative estimate of drug-likeness (QED) is 0.304. The van der Waals surface area contributed by atoms with Crippen molar-refractivity contribution in [3.63, 3.8) is 0 Å². The first-order chi connectivity index (χ1) is 13.6. The largest absolute Gasteiger partial charge is 0.270 e. The van der Waals surface area contributed by atoms with Gasteiger partial charge in [-0.05, 0) is 42.0 Å². The summed E-state index contributed by atoms with van der Waals surface area (Å²) >= 11 is 20.3. The Kier molecular flexibility index (Phi) is 5.93. The van der Waals surface area contributed by atoms with Gasteiger partial charge in [0.25, 0.3) is 0 Å². The molecule has 0 unspecified atom stereocenters. The van der Waals surface area contributed by atoms with Gasteiger partial charge in [-0.25, -0.2) is 0 Å². The van der Waals surface area contributed by atoms with Crippen molar-refractivity contribution in [3.05, 3.63) is 93.4 Å². The summed E-state index contributed by atoms with van der Waals surface area (Å²) in [5, 5.41) is 11.5. The Morgan fingerprint density at radius 3 is 2.29 bits per heavy atom. The lowest BCUT2D eigenvalue weighted by molar-refractivity contribution is 0.886. The van der Waals surface area contributed by atoms with Gasteiger partial charge in [0.05, 0.1) is 5.02 Å². The van der Waals surface area contributed by atoms with Gasteiger partial charge in [-0.15, -0.1) is 10.2 Å². The lowest BCUT2D eigenvalue weighted by atomic mass is 10.2. The van der Waals surface area contributed by atoms with Crippen LogP contribution in [0.5, 0.6) is 0 Å². The van der Waals surface area contributed by atoms with E-state index in [0.29, 0.717) is 26.6 Å². The fourth-order valence-corrected chi connectivity index (χ4v) is 4.50. The zero-order valence-corrected chi connectivity index (χ0v) is 17.6. The van der Waals surface area contributed by atoms with Gasteiger partial charge in [0.2, 0.25) is 0 Å². The van der Waals surface area contributed by atoms with E-state index in [0.717, 1.165) is 22.0 Å². The molecule has 0 fully saturated rings. The van der Waals surface area contributed by atoms with E-state index < -0.39 is 0 Å². The van der Waals surface area contributed by atoms with Crippen molar-refractivity contribution >= 4 is 46.6 Å². The summed E-state index contributed by atoms with van der Waals surface area (Å²) in [6, 6.07) is 23.1. The summed E-state index contributed by atoms with van der Waals surface area (Å²) in [6.07, 6.45) is 0. The molecule has 140 valence electrons. The number of rotatable bonds is 5. The SMILES string of the molecule is Clc1ccc(CSc2nnc(-c3ccccc3Cl)n2-c2ccccc2)c(Cl)c1. The Balaban J connectivity index is 1.74. The standard InChI is InChI=1S/C21H14Cl3N3S/c22-15-11-10-14(19(24)12-15)13-28-21-26-25-20(17-8-4-5-9-18(17)23)27(21)16-6-2-1-3-7-16/h1-12H,13H2. The highest BCUT2D eigenvalue weighted by Gasteiger charge is 2.18. The van der Waals surface area contributed by atoms with E-state index in [1.54, 1.807) is 17.8 Å². The van der Waals surface area contributed by atoms with Crippen LogP contribution in [0.4, 0.5) is 0 Å². The van der Waals surface area contributed by atoms with Gasteiger partial charge in [-0.3, -0.25) is 4.57 Å². The molecule has 0 saturated heterocycles. The normalized spacial score (nSPS) is 11.0. The van der Waals surface area contributed by atoms with Gasteiger partial charge >= 0.3 is 0 Å². The van der Waals surface area contributed by atoms with Crippen molar-refractivity contribution in [2.75, 3.05) is 0 Å². The Morgan fingerprint density at radius 1 is 0.786 bits per heavy atom. The van der Waals surface area contributed by atoms with Gasteiger partial charge in [-0.2, -0.15) is 0 Å². The Morgan fingerprint density at radius 2 is 1.54 bits per heavy atom. The first kappa shape index (κ1) is 19.3. The Hall–Kier alpha value is -1.98. The Labute approximate surface area is 182 Å². The predicted octanol–water partition coefficient (Wildman–Crippen LogP) is 7.19. The summed E-state index contributed by atoms with van der Waals surface area (Å²) in [5.74, 6) is 1.34. The maximum atomic E-state index is 6.42. The van der Waals surface area contributed by atoms with E-state index in [9.17, 15) is 0 Å². The van der Waals surface area contributed by atoms with Crippen molar-refractivity contribution in [2.24, 2.45) is 0 Å². The summed E-state index contributed by atoms with van der Waals surface area (Å²) in [7, 11) is 0. The van der Waals surface area contributed by atoms with Crippen LogP contribution in [-0.2, 0) is 5.75 Å². The number of benzene rings is 3. The highest BCUT2D eigenvalue weighted by molar-refractivity contribution is 7.98. The maximum Gasteiger partial charge on any atom is 0.196 e.